The Morgan fingerprint density at radius 2 is 1.83 bits per heavy atom. The molecule has 0 bridgehead atoms. The molecular formula is C41H51F2N5O9S. The first kappa shape index (κ1) is 40.2. The number of nitrogens with one attached hydrogen (secondary N) is 3. The number of sulfonamides is 1. The number of amides is 4. The first-order valence-electron chi connectivity index (χ1n) is 20.3. The summed E-state index contributed by atoms with van der Waals surface area (Å²) < 4.78 is 74.8. The molecule has 0 unspecified atom stereocenters. The molecule has 2 aromatic rings. The number of carbonyl (C=O) groups is 4. The number of alkyl carbamates (subject to hydrolysis) is 1. The fourth-order valence-corrected chi connectivity index (χ4v) is 10.3. The number of allylic oxidation sites excluding steroid dienone is 1. The molecule has 1 spiro atoms. The van der Waals surface area contributed by atoms with Gasteiger partial charge in [-0.1, -0.05) is 25.0 Å². The monoisotopic (exact) mass is 827 g/mol. The van der Waals surface area contributed by atoms with Crippen LogP contribution in [0.25, 0.3) is 10.9 Å². The number of benzene rings is 1. The highest BCUT2D eigenvalue weighted by Crippen LogP contribution is 2.50. The van der Waals surface area contributed by atoms with Gasteiger partial charge in [-0.25, -0.2) is 27.0 Å². The van der Waals surface area contributed by atoms with Gasteiger partial charge in [-0.05, 0) is 103 Å². The highest BCUT2D eigenvalue weighted by Gasteiger charge is 2.64. The predicted octanol–water partition coefficient (Wildman–Crippen LogP) is 5.28. The van der Waals surface area contributed by atoms with Gasteiger partial charge in [0.25, 0.3) is 12.3 Å². The van der Waals surface area contributed by atoms with Gasteiger partial charge in [0.2, 0.25) is 21.8 Å². The molecule has 1 aromatic carbocycles. The fourth-order valence-electron chi connectivity index (χ4n) is 8.98. The van der Waals surface area contributed by atoms with E-state index >= 15 is 0 Å². The van der Waals surface area contributed by atoms with Gasteiger partial charge < -0.3 is 29.7 Å². The van der Waals surface area contributed by atoms with Gasteiger partial charge in [-0.2, -0.15) is 0 Å². The number of fused-ring (bicyclic) bond motifs is 5. The largest absolute Gasteiger partial charge is 0.497 e. The van der Waals surface area contributed by atoms with Crippen LogP contribution in [0, 0.1) is 5.92 Å². The Kier molecular flexibility index (Phi) is 10.1. The van der Waals surface area contributed by atoms with Gasteiger partial charge in [0.1, 0.15) is 40.3 Å². The van der Waals surface area contributed by atoms with Gasteiger partial charge in [0.05, 0.1) is 23.9 Å². The minimum Gasteiger partial charge on any atom is -0.497 e. The first-order valence-corrected chi connectivity index (χ1v) is 21.8. The summed E-state index contributed by atoms with van der Waals surface area (Å²) >= 11 is 0. The standard InChI is InChI=1S/C41H51F2N5O9S/c1-38(15-9-16-38)57-37(52)45-29-11-8-6-4-5-7-10-24-21-41(24,36(51)47-58(53,54)39(2)18-19-39)46-34(49)30-22-40(23-48(30)35(29)50)17-14-26-27-20-25(55-3)12-13-28(27)44-31(33(42)43)32(26)56-40/h7,10,12-13,20,24,29-30,33H,4-6,8-9,11,14-19,21-23H2,1-3H3,(H,45,52)(H,46,49)(H,47,51)/b10-7-/t24-,29+,30+,40-,41-/m1/s1. The fraction of sp³-hybridized carbons (Fsp3) is 0.634. The number of aryl methyl sites for hydroxylation is 1. The summed E-state index contributed by atoms with van der Waals surface area (Å²) in [4.78, 5) is 62.3. The molecule has 1 saturated heterocycles. The van der Waals surface area contributed by atoms with Crippen molar-refractivity contribution in [2.24, 2.45) is 5.92 Å². The molecule has 4 amide bonds. The molecule has 4 heterocycles. The predicted molar refractivity (Wildman–Crippen MR) is 207 cm³/mol. The quantitative estimate of drug-likeness (QED) is 0.311. The van der Waals surface area contributed by atoms with Crippen LogP contribution < -0.4 is 24.8 Å². The van der Waals surface area contributed by atoms with E-state index in [0.717, 1.165) is 12.8 Å². The van der Waals surface area contributed by atoms with Gasteiger partial charge in [0.15, 0.2) is 5.75 Å². The number of rotatable bonds is 7. The molecule has 314 valence electrons. The zero-order valence-electron chi connectivity index (χ0n) is 33.0. The van der Waals surface area contributed by atoms with Crippen molar-refractivity contribution >= 4 is 44.7 Å². The van der Waals surface area contributed by atoms with Crippen LogP contribution in [0.2, 0.25) is 0 Å². The molecule has 17 heteroatoms. The van der Waals surface area contributed by atoms with E-state index in [2.05, 4.69) is 20.3 Å². The number of aromatic nitrogens is 1. The molecule has 3 N–H and O–H groups in total. The number of methoxy groups -OCH3 is 1. The van der Waals surface area contributed by atoms with Gasteiger partial charge >= 0.3 is 6.09 Å². The molecule has 8 rings (SSSR count). The van der Waals surface area contributed by atoms with E-state index in [0.29, 0.717) is 67.2 Å². The maximum absolute atomic E-state index is 14.8. The molecule has 14 nitrogen and oxygen atoms in total. The smallest absolute Gasteiger partial charge is 0.408 e. The third-order valence-corrected chi connectivity index (χ3v) is 15.4. The average molecular weight is 828 g/mol. The van der Waals surface area contributed by atoms with Crippen LogP contribution in [0.5, 0.6) is 11.5 Å². The third-order valence-electron chi connectivity index (χ3n) is 13.3. The van der Waals surface area contributed by atoms with Crippen molar-refractivity contribution < 1.29 is 50.6 Å². The van der Waals surface area contributed by atoms with Crippen LogP contribution in [0.1, 0.15) is 115 Å². The van der Waals surface area contributed by atoms with E-state index in [1.165, 1.54) is 12.0 Å². The van der Waals surface area contributed by atoms with Crippen molar-refractivity contribution in [1.29, 1.82) is 0 Å². The number of halogens is 2. The van der Waals surface area contributed by atoms with E-state index in [9.17, 15) is 36.4 Å². The van der Waals surface area contributed by atoms with E-state index in [1.54, 1.807) is 25.1 Å². The van der Waals surface area contributed by atoms with Crippen molar-refractivity contribution in [3.63, 3.8) is 0 Å². The lowest BCUT2D eigenvalue weighted by atomic mass is 9.82. The van der Waals surface area contributed by atoms with Crippen molar-refractivity contribution in [1.82, 2.24) is 25.2 Å². The maximum atomic E-state index is 14.8. The highest BCUT2D eigenvalue weighted by atomic mass is 32.2. The molecule has 1 aromatic heterocycles. The van der Waals surface area contributed by atoms with E-state index in [1.807, 2.05) is 19.1 Å². The van der Waals surface area contributed by atoms with Crippen LogP contribution >= 0.6 is 0 Å². The first-order chi connectivity index (χ1) is 27.5. The summed E-state index contributed by atoms with van der Waals surface area (Å²) in [5, 5.41) is 6.21. The Hall–Kier alpha value is -4.54. The second-order valence-electron chi connectivity index (χ2n) is 17.6. The molecule has 3 aliphatic heterocycles. The SMILES string of the molecule is COc1ccc2nc(C(F)F)c3c(c2c1)CC[C@]1(C[C@H]2C(=O)N[C@]4(C(=O)NS(=O)(=O)C5(C)CC5)C[C@H]4/C=C\CCCCC[C@H](NC(=O)OC4(C)CCC4)C(=O)N2C1)O3. The molecule has 5 atom stereocenters. The second-order valence-corrected chi connectivity index (χ2v) is 19.8. The number of carbonyl (C=O) groups excluding carboxylic acids is 4. The zero-order valence-corrected chi connectivity index (χ0v) is 33.9. The molecule has 3 saturated carbocycles. The number of hydrogen-bond donors (Lipinski definition) is 3. The van der Waals surface area contributed by atoms with Gasteiger partial charge in [0, 0.05) is 23.3 Å². The lowest BCUT2D eigenvalue weighted by Crippen LogP contribution is -2.59. The minimum atomic E-state index is -4.05. The Morgan fingerprint density at radius 3 is 2.52 bits per heavy atom. The Balaban J connectivity index is 1.15. The summed E-state index contributed by atoms with van der Waals surface area (Å²) in [6.45, 7) is 3.20. The molecule has 6 aliphatic rings. The van der Waals surface area contributed by atoms with Crippen molar-refractivity contribution in [2.75, 3.05) is 13.7 Å². The minimum absolute atomic E-state index is 0.119. The van der Waals surface area contributed by atoms with E-state index in [-0.39, 0.29) is 44.4 Å². The summed E-state index contributed by atoms with van der Waals surface area (Å²) in [5.74, 6) is -2.29. The number of hydrogen-bond acceptors (Lipinski definition) is 10. The number of pyridine rings is 1. The van der Waals surface area contributed by atoms with Crippen LogP contribution in [0.3, 0.4) is 0 Å². The summed E-state index contributed by atoms with van der Waals surface area (Å²) in [7, 11) is -2.56. The number of nitrogens with zero attached hydrogens (tertiary/aromatic N) is 2. The third kappa shape index (κ3) is 7.36. The van der Waals surface area contributed by atoms with Crippen molar-refractivity contribution in [3.8, 4) is 11.5 Å². The molecule has 4 fully saturated rings. The van der Waals surface area contributed by atoms with E-state index < -0.39 is 85.4 Å². The summed E-state index contributed by atoms with van der Waals surface area (Å²) in [5.41, 5.74) is -3.30. The van der Waals surface area contributed by atoms with Gasteiger partial charge in [-0.15, -0.1) is 0 Å². The highest BCUT2D eigenvalue weighted by molar-refractivity contribution is 7.91. The Bertz CT molecular complexity index is 2180. The summed E-state index contributed by atoms with van der Waals surface area (Å²) in [6.07, 6.45) is 6.48. The maximum Gasteiger partial charge on any atom is 0.408 e. The van der Waals surface area contributed by atoms with Crippen molar-refractivity contribution in [3.05, 3.63) is 41.6 Å². The molecule has 3 aliphatic carbocycles. The van der Waals surface area contributed by atoms with Crippen LogP contribution in [0.15, 0.2) is 30.4 Å². The lowest BCUT2D eigenvalue weighted by molar-refractivity contribution is -0.141. The number of alkyl halides is 2. The lowest BCUT2D eigenvalue weighted by Gasteiger charge is -2.38. The second kappa shape index (κ2) is 14.6. The van der Waals surface area contributed by atoms with Gasteiger partial charge in [-0.3, -0.25) is 19.1 Å². The molecule has 58 heavy (non-hydrogen) atoms. The summed E-state index contributed by atoms with van der Waals surface area (Å²) in [6, 6.07) is 2.58. The van der Waals surface area contributed by atoms with Crippen molar-refractivity contribution in [2.45, 2.75) is 144 Å². The van der Waals surface area contributed by atoms with Crippen LogP contribution in [-0.2, 0) is 35.6 Å². The van der Waals surface area contributed by atoms with E-state index in [4.69, 9.17) is 14.2 Å². The van der Waals surface area contributed by atoms with Crippen LogP contribution in [0.4, 0.5) is 13.6 Å². The Labute approximate surface area is 336 Å². The normalized spacial score (nSPS) is 30.6. The molecular weight excluding hydrogens is 777 g/mol. The number of ether oxygens (including phenoxy) is 3. The topological polar surface area (TPSA) is 182 Å². The Morgan fingerprint density at radius 1 is 1.05 bits per heavy atom. The molecule has 0 radical (unpaired) electrons. The zero-order chi connectivity index (χ0) is 41.3. The van der Waals surface area contributed by atoms with Crippen LogP contribution in [-0.4, -0.2) is 89.3 Å². The average Bonchev–Trinajstić information content (AvgIpc) is 4.06.